The second-order valence-corrected chi connectivity index (χ2v) is 3.83. The SMILES string of the molecule is Cc1ccc2oc(=O)cc(CC(=O)NN)c2c1. The Labute approximate surface area is 97.2 Å². The average Bonchev–Trinajstić information content (AvgIpc) is 2.29. The van der Waals surface area contributed by atoms with Crippen LogP contribution >= 0.6 is 0 Å². The number of aryl methyl sites for hydroxylation is 1. The topological polar surface area (TPSA) is 85.3 Å². The molecule has 1 heterocycles. The third kappa shape index (κ3) is 2.34. The molecule has 2 aromatic rings. The first-order chi connectivity index (χ1) is 8.10. The van der Waals surface area contributed by atoms with Gasteiger partial charge in [-0.05, 0) is 24.6 Å². The second-order valence-electron chi connectivity index (χ2n) is 3.83. The minimum absolute atomic E-state index is 0.0576. The zero-order valence-corrected chi connectivity index (χ0v) is 9.32. The summed E-state index contributed by atoms with van der Waals surface area (Å²) in [5.74, 6) is 4.68. The van der Waals surface area contributed by atoms with Crippen molar-refractivity contribution in [3.05, 3.63) is 45.8 Å². The molecule has 0 spiro atoms. The Morgan fingerprint density at radius 1 is 1.41 bits per heavy atom. The summed E-state index contributed by atoms with van der Waals surface area (Å²) < 4.78 is 5.05. The first-order valence-corrected chi connectivity index (χ1v) is 5.13. The molecule has 0 radical (unpaired) electrons. The van der Waals surface area contributed by atoms with E-state index in [-0.39, 0.29) is 12.3 Å². The fourth-order valence-corrected chi connectivity index (χ4v) is 1.71. The maximum Gasteiger partial charge on any atom is 0.336 e. The Morgan fingerprint density at radius 2 is 2.18 bits per heavy atom. The van der Waals surface area contributed by atoms with Crippen molar-refractivity contribution >= 4 is 16.9 Å². The molecule has 0 bridgehead atoms. The van der Waals surface area contributed by atoms with Crippen molar-refractivity contribution in [2.75, 3.05) is 0 Å². The number of benzene rings is 1. The standard InChI is InChI=1S/C12H12N2O3/c1-7-2-3-10-9(4-7)8(5-11(15)14-13)6-12(16)17-10/h2-4,6H,5,13H2,1H3,(H,14,15). The summed E-state index contributed by atoms with van der Waals surface area (Å²) in [4.78, 5) is 22.6. The fourth-order valence-electron chi connectivity index (χ4n) is 1.71. The van der Waals surface area contributed by atoms with E-state index in [2.05, 4.69) is 0 Å². The number of amides is 1. The third-order valence-corrected chi connectivity index (χ3v) is 2.50. The van der Waals surface area contributed by atoms with Crippen molar-refractivity contribution in [3.8, 4) is 0 Å². The molecular formula is C12H12N2O3. The predicted octanol–water partition coefficient (Wildman–Crippen LogP) is 0.634. The van der Waals surface area contributed by atoms with Crippen LogP contribution in [0.1, 0.15) is 11.1 Å². The van der Waals surface area contributed by atoms with Crippen molar-refractivity contribution in [2.24, 2.45) is 5.84 Å². The molecule has 17 heavy (non-hydrogen) atoms. The highest BCUT2D eigenvalue weighted by atomic mass is 16.4. The van der Waals surface area contributed by atoms with E-state index in [0.29, 0.717) is 11.1 Å². The van der Waals surface area contributed by atoms with Crippen LogP contribution in [-0.4, -0.2) is 5.91 Å². The van der Waals surface area contributed by atoms with Crippen molar-refractivity contribution in [2.45, 2.75) is 13.3 Å². The van der Waals surface area contributed by atoms with Crippen LogP contribution in [0.2, 0.25) is 0 Å². The molecular weight excluding hydrogens is 220 g/mol. The second kappa shape index (κ2) is 4.39. The molecule has 0 aliphatic carbocycles. The van der Waals surface area contributed by atoms with E-state index in [1.165, 1.54) is 6.07 Å². The van der Waals surface area contributed by atoms with Crippen LogP contribution in [0.25, 0.3) is 11.0 Å². The number of hydrogen-bond acceptors (Lipinski definition) is 4. The molecule has 1 aromatic heterocycles. The van der Waals surface area contributed by atoms with Gasteiger partial charge in [0.1, 0.15) is 5.58 Å². The molecule has 1 amide bonds. The summed E-state index contributed by atoms with van der Waals surface area (Å²) >= 11 is 0. The molecule has 5 heteroatoms. The maximum atomic E-state index is 11.3. The molecule has 0 aliphatic heterocycles. The lowest BCUT2D eigenvalue weighted by molar-refractivity contribution is -0.120. The van der Waals surface area contributed by atoms with E-state index in [1.807, 2.05) is 24.5 Å². The Hall–Kier alpha value is -2.14. The van der Waals surface area contributed by atoms with Gasteiger partial charge in [-0.15, -0.1) is 0 Å². The van der Waals surface area contributed by atoms with Gasteiger partial charge in [-0.3, -0.25) is 10.2 Å². The summed E-state index contributed by atoms with van der Waals surface area (Å²) in [5.41, 5.74) is 3.69. The molecule has 0 aliphatic rings. The Balaban J connectivity index is 2.63. The van der Waals surface area contributed by atoms with Crippen LogP contribution in [0, 0.1) is 6.92 Å². The zero-order chi connectivity index (χ0) is 12.4. The van der Waals surface area contributed by atoms with E-state index < -0.39 is 5.63 Å². The number of rotatable bonds is 2. The minimum Gasteiger partial charge on any atom is -0.423 e. The number of carbonyl (C=O) groups excluding carboxylic acids is 1. The lowest BCUT2D eigenvalue weighted by Crippen LogP contribution is -2.31. The minimum atomic E-state index is -0.471. The van der Waals surface area contributed by atoms with Crippen molar-refractivity contribution < 1.29 is 9.21 Å². The molecule has 3 N–H and O–H groups in total. The molecule has 0 atom stereocenters. The van der Waals surface area contributed by atoms with Crippen LogP contribution in [0.3, 0.4) is 0 Å². The summed E-state index contributed by atoms with van der Waals surface area (Å²) in [6.07, 6.45) is 0.0576. The summed E-state index contributed by atoms with van der Waals surface area (Å²) in [6.45, 7) is 1.93. The van der Waals surface area contributed by atoms with Crippen LogP contribution in [0.15, 0.2) is 33.5 Å². The largest absolute Gasteiger partial charge is 0.423 e. The quantitative estimate of drug-likeness (QED) is 0.344. The van der Waals surface area contributed by atoms with Gasteiger partial charge in [-0.25, -0.2) is 10.6 Å². The molecule has 0 fully saturated rings. The van der Waals surface area contributed by atoms with Gasteiger partial charge >= 0.3 is 5.63 Å². The van der Waals surface area contributed by atoms with Crippen LogP contribution in [0.4, 0.5) is 0 Å². The first kappa shape index (κ1) is 11.3. The van der Waals surface area contributed by atoms with E-state index in [9.17, 15) is 9.59 Å². The number of carbonyl (C=O) groups is 1. The van der Waals surface area contributed by atoms with Gasteiger partial charge < -0.3 is 4.42 Å². The lowest BCUT2D eigenvalue weighted by Gasteiger charge is -2.05. The molecule has 1 aromatic carbocycles. The summed E-state index contributed by atoms with van der Waals surface area (Å²) in [5, 5.41) is 0.758. The van der Waals surface area contributed by atoms with E-state index in [4.69, 9.17) is 10.3 Å². The van der Waals surface area contributed by atoms with Crippen molar-refractivity contribution in [1.82, 2.24) is 5.43 Å². The monoisotopic (exact) mass is 232 g/mol. The Bertz CT molecular complexity index is 631. The fraction of sp³-hybridized carbons (Fsp3) is 0.167. The van der Waals surface area contributed by atoms with Gasteiger partial charge in [0, 0.05) is 11.5 Å². The van der Waals surface area contributed by atoms with Gasteiger partial charge in [0.25, 0.3) is 0 Å². The normalized spacial score (nSPS) is 10.5. The molecule has 5 nitrogen and oxygen atoms in total. The first-order valence-electron chi connectivity index (χ1n) is 5.13. The summed E-state index contributed by atoms with van der Waals surface area (Å²) in [7, 11) is 0. The third-order valence-electron chi connectivity index (χ3n) is 2.50. The zero-order valence-electron chi connectivity index (χ0n) is 9.32. The van der Waals surface area contributed by atoms with Crippen molar-refractivity contribution in [1.29, 1.82) is 0 Å². The molecule has 0 saturated carbocycles. The Morgan fingerprint density at radius 3 is 2.88 bits per heavy atom. The number of hydrazine groups is 1. The number of hydrogen-bond donors (Lipinski definition) is 2. The lowest BCUT2D eigenvalue weighted by atomic mass is 10.1. The van der Waals surface area contributed by atoms with E-state index in [0.717, 1.165) is 10.9 Å². The average molecular weight is 232 g/mol. The predicted molar refractivity (Wildman–Crippen MR) is 63.3 cm³/mol. The number of nitrogens with two attached hydrogens (primary N) is 1. The molecule has 0 saturated heterocycles. The highest BCUT2D eigenvalue weighted by Crippen LogP contribution is 2.18. The Kier molecular flexibility index (Phi) is 2.93. The smallest absolute Gasteiger partial charge is 0.336 e. The molecule has 0 unspecified atom stereocenters. The molecule has 88 valence electrons. The van der Waals surface area contributed by atoms with Gasteiger partial charge in [-0.1, -0.05) is 11.6 Å². The van der Waals surface area contributed by atoms with Gasteiger partial charge in [0.15, 0.2) is 0 Å². The highest BCUT2D eigenvalue weighted by molar-refractivity contribution is 5.87. The summed E-state index contributed by atoms with van der Waals surface area (Å²) in [6, 6.07) is 6.75. The van der Waals surface area contributed by atoms with Gasteiger partial charge in [0.2, 0.25) is 5.91 Å². The molecule has 2 rings (SSSR count). The maximum absolute atomic E-state index is 11.3. The van der Waals surface area contributed by atoms with E-state index >= 15 is 0 Å². The number of nitrogens with one attached hydrogen (secondary N) is 1. The van der Waals surface area contributed by atoms with Crippen LogP contribution in [-0.2, 0) is 11.2 Å². The van der Waals surface area contributed by atoms with Crippen molar-refractivity contribution in [3.63, 3.8) is 0 Å². The highest BCUT2D eigenvalue weighted by Gasteiger charge is 2.09. The van der Waals surface area contributed by atoms with Gasteiger partial charge in [-0.2, -0.15) is 0 Å². The van der Waals surface area contributed by atoms with E-state index in [1.54, 1.807) is 6.07 Å². The number of fused-ring (bicyclic) bond motifs is 1. The van der Waals surface area contributed by atoms with Gasteiger partial charge in [0.05, 0.1) is 6.42 Å². The van der Waals surface area contributed by atoms with Crippen LogP contribution in [0.5, 0.6) is 0 Å². The van der Waals surface area contributed by atoms with Crippen LogP contribution < -0.4 is 16.9 Å².